The Kier molecular flexibility index (Phi) is 4.73. The van der Waals surface area contributed by atoms with Gasteiger partial charge in [0, 0.05) is 10.4 Å². The van der Waals surface area contributed by atoms with Crippen molar-refractivity contribution in [3.63, 3.8) is 0 Å². The molecule has 0 aliphatic rings. The van der Waals surface area contributed by atoms with Crippen LogP contribution in [0.5, 0.6) is 0 Å². The number of thiophene rings is 1. The molecule has 2 aromatic rings. The largest absolute Gasteiger partial charge is 0.389 e. The third-order valence-corrected chi connectivity index (χ3v) is 4.27. The summed E-state index contributed by atoms with van der Waals surface area (Å²) in [5.41, 5.74) is 6.52. The fourth-order valence-electron chi connectivity index (χ4n) is 1.99. The Balaban J connectivity index is 2.25. The van der Waals surface area contributed by atoms with Crippen LogP contribution in [0.2, 0.25) is 0 Å². The summed E-state index contributed by atoms with van der Waals surface area (Å²) in [6, 6.07) is 8.94. The quantitative estimate of drug-likeness (QED) is 0.807. The summed E-state index contributed by atoms with van der Waals surface area (Å²) in [6.45, 7) is 4.22. The van der Waals surface area contributed by atoms with Gasteiger partial charge in [-0.2, -0.15) is 0 Å². The van der Waals surface area contributed by atoms with E-state index >= 15 is 0 Å². The van der Waals surface area contributed by atoms with Crippen molar-refractivity contribution in [2.45, 2.75) is 19.9 Å². The van der Waals surface area contributed by atoms with E-state index in [1.54, 1.807) is 23.5 Å². The van der Waals surface area contributed by atoms with Crippen molar-refractivity contribution >= 4 is 34.2 Å². The number of rotatable bonds is 5. The topological polar surface area (TPSA) is 38.0 Å². The van der Waals surface area contributed by atoms with Gasteiger partial charge >= 0.3 is 0 Å². The van der Waals surface area contributed by atoms with Crippen LogP contribution in [-0.2, 0) is 0 Å². The number of nitrogens with one attached hydrogen (secondary N) is 1. The molecule has 0 fully saturated rings. The van der Waals surface area contributed by atoms with Crippen molar-refractivity contribution in [1.82, 2.24) is 0 Å². The third kappa shape index (κ3) is 3.35. The molecule has 0 saturated heterocycles. The van der Waals surface area contributed by atoms with Crippen molar-refractivity contribution < 1.29 is 4.39 Å². The fraction of sp³-hybridized carbons (Fsp3) is 0.267. The molecule has 1 atom stereocenters. The van der Waals surface area contributed by atoms with E-state index in [2.05, 4.69) is 25.2 Å². The zero-order valence-corrected chi connectivity index (χ0v) is 13.0. The van der Waals surface area contributed by atoms with Gasteiger partial charge < -0.3 is 11.1 Å². The molecule has 2 nitrogen and oxygen atoms in total. The first-order chi connectivity index (χ1) is 9.49. The van der Waals surface area contributed by atoms with Gasteiger partial charge in [-0.25, -0.2) is 4.39 Å². The molecular weight excluding hydrogens is 291 g/mol. The molecule has 1 heterocycles. The Bertz CT molecular complexity index is 594. The maximum atomic E-state index is 14.1. The zero-order valence-electron chi connectivity index (χ0n) is 11.4. The minimum Gasteiger partial charge on any atom is -0.389 e. The molecule has 0 spiro atoms. The number of hydrogen-bond donors (Lipinski definition) is 2. The van der Waals surface area contributed by atoms with E-state index in [4.69, 9.17) is 18.0 Å². The van der Waals surface area contributed by atoms with E-state index < -0.39 is 0 Å². The van der Waals surface area contributed by atoms with Crippen LogP contribution in [-0.4, -0.2) is 4.99 Å². The lowest BCUT2D eigenvalue weighted by Crippen LogP contribution is -2.17. The molecule has 0 saturated carbocycles. The Morgan fingerprint density at radius 3 is 2.60 bits per heavy atom. The van der Waals surface area contributed by atoms with Gasteiger partial charge in [-0.15, -0.1) is 11.3 Å². The number of thiocarbonyl (C=S) groups is 1. The smallest absolute Gasteiger partial charge is 0.147 e. The van der Waals surface area contributed by atoms with E-state index in [0.717, 1.165) is 0 Å². The van der Waals surface area contributed by atoms with E-state index in [1.807, 2.05) is 11.4 Å². The molecule has 1 unspecified atom stereocenters. The summed E-state index contributed by atoms with van der Waals surface area (Å²) < 4.78 is 14.1. The van der Waals surface area contributed by atoms with E-state index in [9.17, 15) is 4.39 Å². The normalized spacial score (nSPS) is 12.4. The van der Waals surface area contributed by atoms with Crippen LogP contribution in [0.15, 0.2) is 35.7 Å². The number of nitrogens with two attached hydrogens (primary N) is 1. The van der Waals surface area contributed by atoms with E-state index in [-0.39, 0.29) is 16.8 Å². The SMILES string of the molecule is CC(C)C(Nc1ccc(C(N)=S)cc1F)c1cccs1. The highest BCUT2D eigenvalue weighted by Gasteiger charge is 2.18. The van der Waals surface area contributed by atoms with Crippen molar-refractivity contribution in [3.8, 4) is 0 Å². The molecule has 20 heavy (non-hydrogen) atoms. The number of hydrogen-bond acceptors (Lipinski definition) is 3. The van der Waals surface area contributed by atoms with Gasteiger partial charge in [0.2, 0.25) is 0 Å². The summed E-state index contributed by atoms with van der Waals surface area (Å²) in [5, 5.41) is 5.29. The lowest BCUT2D eigenvalue weighted by atomic mass is 10.0. The standard InChI is InChI=1S/C15H17FN2S2/c1-9(2)14(13-4-3-7-20-13)18-12-6-5-10(15(17)19)8-11(12)16/h3-9,14,18H,1-2H3,(H2,17,19). The first-order valence-electron chi connectivity index (χ1n) is 6.38. The van der Waals surface area contributed by atoms with Crippen LogP contribution in [0.1, 0.15) is 30.3 Å². The molecule has 2 rings (SSSR count). The summed E-state index contributed by atoms with van der Waals surface area (Å²) in [5.74, 6) is 0.0146. The predicted molar refractivity (Wildman–Crippen MR) is 87.8 cm³/mol. The van der Waals surface area contributed by atoms with Crippen LogP contribution in [0, 0.1) is 11.7 Å². The zero-order chi connectivity index (χ0) is 14.7. The van der Waals surface area contributed by atoms with Crippen molar-refractivity contribution in [3.05, 3.63) is 52.0 Å². The summed E-state index contributed by atoms with van der Waals surface area (Å²) in [4.78, 5) is 1.40. The summed E-state index contributed by atoms with van der Waals surface area (Å²) in [7, 11) is 0. The first kappa shape index (κ1) is 14.9. The van der Waals surface area contributed by atoms with Gasteiger partial charge in [-0.1, -0.05) is 32.1 Å². The van der Waals surface area contributed by atoms with Gasteiger partial charge in [0.15, 0.2) is 0 Å². The van der Waals surface area contributed by atoms with Gasteiger partial charge in [-0.3, -0.25) is 0 Å². The minimum atomic E-state index is -0.336. The molecule has 1 aromatic heterocycles. The molecule has 3 N–H and O–H groups in total. The van der Waals surface area contributed by atoms with Crippen molar-refractivity contribution in [2.24, 2.45) is 11.7 Å². The molecule has 0 aliphatic carbocycles. The van der Waals surface area contributed by atoms with Crippen molar-refractivity contribution in [2.75, 3.05) is 5.32 Å². The monoisotopic (exact) mass is 308 g/mol. The van der Waals surface area contributed by atoms with Gasteiger partial charge in [0.05, 0.1) is 11.7 Å². The molecule has 106 valence electrons. The first-order valence-corrected chi connectivity index (χ1v) is 7.67. The summed E-state index contributed by atoms with van der Waals surface area (Å²) >= 11 is 6.52. The molecule has 0 bridgehead atoms. The molecular formula is C15H17FN2S2. The van der Waals surface area contributed by atoms with Crippen LogP contribution < -0.4 is 11.1 Å². The van der Waals surface area contributed by atoms with Crippen molar-refractivity contribution in [1.29, 1.82) is 0 Å². The number of halogens is 1. The maximum absolute atomic E-state index is 14.1. The highest BCUT2D eigenvalue weighted by molar-refractivity contribution is 7.80. The van der Waals surface area contributed by atoms with Crippen LogP contribution in [0.4, 0.5) is 10.1 Å². The van der Waals surface area contributed by atoms with E-state index in [0.29, 0.717) is 17.2 Å². The molecule has 5 heteroatoms. The lowest BCUT2D eigenvalue weighted by molar-refractivity contribution is 0.546. The highest BCUT2D eigenvalue weighted by atomic mass is 32.1. The fourth-order valence-corrected chi connectivity index (χ4v) is 3.06. The predicted octanol–water partition coefficient (Wildman–Crippen LogP) is 4.33. The van der Waals surface area contributed by atoms with E-state index in [1.165, 1.54) is 10.9 Å². The average Bonchev–Trinajstić information content (AvgIpc) is 2.90. The highest BCUT2D eigenvalue weighted by Crippen LogP contribution is 2.30. The van der Waals surface area contributed by atoms with Crippen LogP contribution >= 0.6 is 23.6 Å². The molecule has 0 radical (unpaired) electrons. The summed E-state index contributed by atoms with van der Waals surface area (Å²) in [6.07, 6.45) is 0. The molecule has 0 aliphatic heterocycles. The second-order valence-corrected chi connectivity index (χ2v) is 6.36. The van der Waals surface area contributed by atoms with Gasteiger partial charge in [0.25, 0.3) is 0 Å². The Morgan fingerprint density at radius 2 is 2.10 bits per heavy atom. The third-order valence-electron chi connectivity index (χ3n) is 3.08. The number of anilines is 1. The maximum Gasteiger partial charge on any atom is 0.147 e. The average molecular weight is 308 g/mol. The number of benzene rings is 1. The van der Waals surface area contributed by atoms with Crippen LogP contribution in [0.25, 0.3) is 0 Å². The van der Waals surface area contributed by atoms with Crippen LogP contribution in [0.3, 0.4) is 0 Å². The second kappa shape index (κ2) is 6.33. The minimum absolute atomic E-state index is 0.0835. The molecule has 1 aromatic carbocycles. The molecule has 0 amide bonds. The van der Waals surface area contributed by atoms with Gasteiger partial charge in [0.1, 0.15) is 10.8 Å². The Morgan fingerprint density at radius 1 is 1.35 bits per heavy atom. The Labute approximate surface area is 127 Å². The Hall–Kier alpha value is -1.46. The lowest BCUT2D eigenvalue weighted by Gasteiger charge is -2.23. The van der Waals surface area contributed by atoms with Gasteiger partial charge in [-0.05, 0) is 35.6 Å². The second-order valence-electron chi connectivity index (χ2n) is 4.94.